The van der Waals surface area contributed by atoms with E-state index in [0.29, 0.717) is 35.8 Å². The van der Waals surface area contributed by atoms with Crippen LogP contribution in [-0.2, 0) is 0 Å². The number of benzene rings is 4. The molecule has 0 aromatic heterocycles. The fourth-order valence-corrected chi connectivity index (χ4v) is 4.98. The minimum Gasteiger partial charge on any atom is -0.493 e. The lowest BCUT2D eigenvalue weighted by Gasteiger charge is -2.14. The van der Waals surface area contributed by atoms with Gasteiger partial charge in [0, 0.05) is 17.2 Å². The molecule has 0 saturated carbocycles. The third kappa shape index (κ3) is 6.86. The number of ether oxygens (including phenoxy) is 2. The van der Waals surface area contributed by atoms with E-state index in [1.807, 2.05) is 30.3 Å². The van der Waals surface area contributed by atoms with Gasteiger partial charge in [-0.05, 0) is 40.5 Å². The van der Waals surface area contributed by atoms with Crippen molar-refractivity contribution in [3.8, 4) is 35.7 Å². The summed E-state index contributed by atoms with van der Waals surface area (Å²) in [5.41, 5.74) is 2.99. The van der Waals surface area contributed by atoms with Crippen molar-refractivity contribution in [1.29, 1.82) is 0 Å². The van der Waals surface area contributed by atoms with Gasteiger partial charge in [0.25, 0.3) is 0 Å². The van der Waals surface area contributed by atoms with Gasteiger partial charge in [-0.2, -0.15) is 0 Å². The number of rotatable bonds is 13. The largest absolute Gasteiger partial charge is 0.493 e. The summed E-state index contributed by atoms with van der Waals surface area (Å²) in [5, 5.41) is 4.04. The first-order valence-corrected chi connectivity index (χ1v) is 14.5. The fraction of sp³-hybridized carbons (Fsp3) is 0.324. The molecule has 0 aliphatic carbocycles. The summed E-state index contributed by atoms with van der Waals surface area (Å²) >= 11 is 0. The molecule has 4 aromatic rings. The van der Waals surface area contributed by atoms with Crippen molar-refractivity contribution in [2.45, 2.75) is 65.2 Å². The van der Waals surface area contributed by atoms with Crippen LogP contribution in [-0.4, -0.2) is 19.5 Å². The molecule has 0 heterocycles. The Hall–Kier alpha value is -4.21. The number of hydrogen-bond acceptors (Lipinski definition) is 3. The van der Waals surface area contributed by atoms with Gasteiger partial charge in [0.1, 0.15) is 11.5 Å². The minimum absolute atomic E-state index is 0.485. The van der Waals surface area contributed by atoms with E-state index in [1.165, 1.54) is 12.8 Å². The predicted octanol–water partition coefficient (Wildman–Crippen LogP) is 9.10. The lowest BCUT2D eigenvalue weighted by atomic mass is 9.92. The van der Waals surface area contributed by atoms with Gasteiger partial charge in [-0.15, -0.1) is 6.42 Å². The van der Waals surface area contributed by atoms with Gasteiger partial charge in [-0.25, -0.2) is 0 Å². The molecule has 0 amide bonds. The number of carbonyl (C=O) groups excluding carboxylic acids is 1. The zero-order valence-electron chi connectivity index (χ0n) is 23.7. The number of terminal acetylenes is 1. The maximum atomic E-state index is 12.0. The van der Waals surface area contributed by atoms with Crippen LogP contribution < -0.4 is 9.47 Å². The van der Waals surface area contributed by atoms with Crippen molar-refractivity contribution in [2.75, 3.05) is 13.2 Å². The molecule has 0 aliphatic heterocycles. The van der Waals surface area contributed by atoms with E-state index in [4.69, 9.17) is 15.9 Å². The van der Waals surface area contributed by atoms with E-state index in [9.17, 15) is 4.79 Å². The van der Waals surface area contributed by atoms with E-state index in [2.05, 4.69) is 55.9 Å². The highest BCUT2D eigenvalue weighted by Crippen LogP contribution is 2.33. The second-order valence-electron chi connectivity index (χ2n) is 10.1. The van der Waals surface area contributed by atoms with Crippen molar-refractivity contribution in [2.24, 2.45) is 0 Å². The average molecular weight is 531 g/mol. The van der Waals surface area contributed by atoms with Crippen molar-refractivity contribution in [3.05, 3.63) is 82.9 Å². The van der Waals surface area contributed by atoms with E-state index < -0.39 is 0 Å². The summed E-state index contributed by atoms with van der Waals surface area (Å²) in [4.78, 5) is 12.0. The maximum absolute atomic E-state index is 12.0. The van der Waals surface area contributed by atoms with Crippen LogP contribution >= 0.6 is 0 Å². The standard InChI is InChI=1S/C37H38O3/c1-4-7-9-15-23-39-36-26-29(27-38)37(40-24-16-10-8-5-2)25-28(36)21-22-35-33-19-13-11-17-31(33)30(6-3)32-18-12-14-20-34(32)35/h3,11-14,17-20,25-27H,4-5,7-10,15-16,23-24H2,1-2H3. The van der Waals surface area contributed by atoms with Crippen LogP contribution in [0.15, 0.2) is 60.7 Å². The first kappa shape index (κ1) is 28.8. The molecule has 0 spiro atoms. The van der Waals surface area contributed by atoms with Crippen molar-refractivity contribution >= 4 is 27.8 Å². The summed E-state index contributed by atoms with van der Waals surface area (Å²) in [7, 11) is 0. The Kier molecular flexibility index (Phi) is 10.7. The SMILES string of the molecule is C#Cc1c2ccccc2c(C#Cc2cc(OCCCCCC)c(C=O)cc2OCCCCCC)c2ccccc12. The fourth-order valence-electron chi connectivity index (χ4n) is 4.98. The number of aldehydes is 1. The van der Waals surface area contributed by atoms with E-state index in [1.54, 1.807) is 6.07 Å². The zero-order valence-corrected chi connectivity index (χ0v) is 23.7. The number of unbranched alkanes of at least 4 members (excludes halogenated alkanes) is 6. The van der Waals surface area contributed by atoms with Gasteiger partial charge < -0.3 is 9.47 Å². The third-order valence-electron chi connectivity index (χ3n) is 7.15. The van der Waals surface area contributed by atoms with Crippen LogP contribution in [0.1, 0.15) is 92.3 Å². The predicted molar refractivity (Wildman–Crippen MR) is 166 cm³/mol. The number of fused-ring (bicyclic) bond motifs is 2. The van der Waals surface area contributed by atoms with E-state index >= 15 is 0 Å². The summed E-state index contributed by atoms with van der Waals surface area (Å²) in [6.07, 6.45) is 15.6. The van der Waals surface area contributed by atoms with Gasteiger partial charge in [0.15, 0.2) is 6.29 Å². The molecule has 3 heteroatoms. The number of hydrogen-bond donors (Lipinski definition) is 0. The molecule has 204 valence electrons. The van der Waals surface area contributed by atoms with Crippen LogP contribution in [0.4, 0.5) is 0 Å². The monoisotopic (exact) mass is 530 g/mol. The smallest absolute Gasteiger partial charge is 0.153 e. The van der Waals surface area contributed by atoms with Crippen molar-refractivity contribution in [1.82, 2.24) is 0 Å². The molecule has 0 N–H and O–H groups in total. The van der Waals surface area contributed by atoms with Gasteiger partial charge in [0.05, 0.1) is 24.3 Å². The molecule has 4 aromatic carbocycles. The summed E-state index contributed by atoms with van der Waals surface area (Å²) in [6.45, 7) is 5.51. The average Bonchev–Trinajstić information content (AvgIpc) is 2.99. The highest BCUT2D eigenvalue weighted by molar-refractivity contribution is 6.09. The minimum atomic E-state index is 0.485. The Balaban J connectivity index is 1.79. The Bertz CT molecular complexity index is 1510. The van der Waals surface area contributed by atoms with Crippen LogP contribution in [0.5, 0.6) is 11.5 Å². The molecular weight excluding hydrogens is 492 g/mol. The first-order chi connectivity index (χ1) is 19.7. The first-order valence-electron chi connectivity index (χ1n) is 14.5. The molecule has 0 unspecified atom stereocenters. The van der Waals surface area contributed by atoms with Crippen molar-refractivity contribution in [3.63, 3.8) is 0 Å². The van der Waals surface area contributed by atoms with Gasteiger partial charge in [-0.1, -0.05) is 119 Å². The van der Waals surface area contributed by atoms with Crippen LogP contribution in [0.25, 0.3) is 21.5 Å². The Morgan fingerprint density at radius 2 is 1.20 bits per heavy atom. The van der Waals surface area contributed by atoms with Crippen molar-refractivity contribution < 1.29 is 14.3 Å². The summed E-state index contributed by atoms with van der Waals surface area (Å²) in [6, 6.07) is 19.9. The van der Waals surface area contributed by atoms with Gasteiger partial charge in [0.2, 0.25) is 0 Å². The second kappa shape index (κ2) is 14.8. The molecule has 40 heavy (non-hydrogen) atoms. The highest BCUT2D eigenvalue weighted by Gasteiger charge is 2.14. The lowest BCUT2D eigenvalue weighted by Crippen LogP contribution is -2.04. The molecule has 0 radical (unpaired) electrons. The molecule has 0 fully saturated rings. The quantitative estimate of drug-likeness (QED) is 0.0748. The molecular formula is C37H38O3. The maximum Gasteiger partial charge on any atom is 0.153 e. The zero-order chi connectivity index (χ0) is 28.2. The van der Waals surface area contributed by atoms with E-state index in [0.717, 1.165) is 77.5 Å². The third-order valence-corrected chi connectivity index (χ3v) is 7.15. The Morgan fingerprint density at radius 3 is 1.70 bits per heavy atom. The molecule has 0 bridgehead atoms. The summed E-state index contributed by atoms with van der Waals surface area (Å²) in [5.74, 6) is 10.9. The molecule has 0 saturated heterocycles. The Labute approximate surface area is 238 Å². The van der Waals surface area contributed by atoms with Gasteiger partial charge in [-0.3, -0.25) is 4.79 Å². The highest BCUT2D eigenvalue weighted by atomic mass is 16.5. The number of carbonyl (C=O) groups is 1. The van der Waals surface area contributed by atoms with Crippen LogP contribution in [0, 0.1) is 24.2 Å². The van der Waals surface area contributed by atoms with E-state index in [-0.39, 0.29) is 0 Å². The van der Waals surface area contributed by atoms with Crippen LogP contribution in [0.2, 0.25) is 0 Å². The Morgan fingerprint density at radius 1 is 0.675 bits per heavy atom. The molecule has 3 nitrogen and oxygen atoms in total. The molecule has 0 aliphatic rings. The topological polar surface area (TPSA) is 35.5 Å². The van der Waals surface area contributed by atoms with Gasteiger partial charge >= 0.3 is 0 Å². The lowest BCUT2D eigenvalue weighted by molar-refractivity contribution is 0.111. The molecule has 4 rings (SSSR count). The molecule has 0 atom stereocenters. The normalized spacial score (nSPS) is 10.6. The second-order valence-corrected chi connectivity index (χ2v) is 10.1. The summed E-state index contributed by atoms with van der Waals surface area (Å²) < 4.78 is 12.3. The van der Waals surface area contributed by atoms with Crippen LogP contribution in [0.3, 0.4) is 0 Å².